The second-order valence-corrected chi connectivity index (χ2v) is 30.7. The molecule has 3 aromatic rings. The number of hydrogen-bond donors (Lipinski definition) is 9. The molecule has 2 aliphatic heterocycles. The molecular weight excluding hydrogens is 1540 g/mol. The zero-order chi connectivity index (χ0) is 84.6. The van der Waals surface area contributed by atoms with Gasteiger partial charge in [0.2, 0.25) is 47.3 Å². The molecule has 1 saturated heterocycles. The lowest BCUT2D eigenvalue weighted by Crippen LogP contribution is -2.54. The average Bonchev–Trinajstić information content (AvgIpc) is 1.63. The number of halogens is 1. The third-order valence-electron chi connectivity index (χ3n) is 17.9. The van der Waals surface area contributed by atoms with Crippen molar-refractivity contribution in [3.05, 3.63) is 119 Å². The molecule has 0 spiro atoms. The minimum atomic E-state index is -4.16. The highest BCUT2D eigenvalue weighted by Crippen LogP contribution is 2.45. The standard InChI is InChI=1S/C79H112ClN9O25S/c1-11-34-110-69(95)28-33-89(68(94)26-25-64(90)81-30-36-107-38-40-109-42-41-108-39-37-106-35-29-65(91)82-31-43-115(102,103)104)32-27-67(93)88-70(51(4)5)75(98)85-53(7)73(96)86-58-22-17-55(18-23-58)48-111-78(101)83-47-54-15-20-57(21-16-54)72-71(114-72)52(6)61-13-12-14-66(92)87-60(46-56-19-24-62(105-10)59(80)45-56)74(97)84-49-79(8,9)77(100)113-63(44-50(2)3)76(99)112-61/h11-12,14-24,45,50-53,60-61,63,70-72H,1,13,25-44,46-49H2,2-10H3,(H,81,90)(H,82,91)(H,83,101)(H,84,97)(H,85,98)(H,86,96)(H,87,92)(H,88,93)(H,102,103,104)/b14-12+/t52-,53-,60-,61-,63-,70-,71+,72+/m0/s1. The molecule has 0 radical (unpaired) electrons. The normalized spacial score (nSPS) is 18.1. The number of methoxy groups -OCH3 is 1. The van der Waals surface area contributed by atoms with Gasteiger partial charge in [0.1, 0.15) is 49.3 Å². The first-order valence-corrected chi connectivity index (χ1v) is 40.1. The molecule has 0 aromatic heterocycles. The van der Waals surface area contributed by atoms with Gasteiger partial charge in [-0.2, -0.15) is 8.42 Å². The molecule has 8 atom stereocenters. The Hall–Kier alpha value is -9.62. The van der Waals surface area contributed by atoms with Crippen molar-refractivity contribution < 1.29 is 118 Å². The summed E-state index contributed by atoms with van der Waals surface area (Å²) in [5, 5.41) is 21.6. The Labute approximate surface area is 676 Å². The van der Waals surface area contributed by atoms with Gasteiger partial charge >= 0.3 is 24.0 Å². The predicted molar refractivity (Wildman–Crippen MR) is 420 cm³/mol. The van der Waals surface area contributed by atoms with E-state index in [2.05, 4.69) is 49.1 Å². The molecule has 0 saturated carbocycles. The van der Waals surface area contributed by atoms with Gasteiger partial charge in [0.15, 0.2) is 6.10 Å². The smallest absolute Gasteiger partial charge is 0.407 e. The lowest BCUT2D eigenvalue weighted by atomic mass is 9.92. The van der Waals surface area contributed by atoms with Crippen molar-refractivity contribution in [3.8, 4) is 5.75 Å². The number of anilines is 1. The van der Waals surface area contributed by atoms with E-state index in [0.29, 0.717) is 27.6 Å². The summed E-state index contributed by atoms with van der Waals surface area (Å²) in [6, 6.07) is 15.6. The van der Waals surface area contributed by atoms with Crippen LogP contribution in [0.3, 0.4) is 0 Å². The van der Waals surface area contributed by atoms with Crippen molar-refractivity contribution in [3.63, 3.8) is 0 Å². The number of epoxide rings is 1. The number of carbonyl (C=O) groups is 12. The number of cyclic esters (lactones) is 2. The number of alkyl carbamates (subject to hydrolysis) is 1. The van der Waals surface area contributed by atoms with Crippen LogP contribution >= 0.6 is 11.6 Å². The number of rotatable bonds is 47. The maximum Gasteiger partial charge on any atom is 0.407 e. The molecule has 1 fully saturated rings. The summed E-state index contributed by atoms with van der Waals surface area (Å²) in [6.45, 7) is 18.3. The van der Waals surface area contributed by atoms with E-state index >= 15 is 0 Å². The second-order valence-electron chi connectivity index (χ2n) is 28.8. The summed E-state index contributed by atoms with van der Waals surface area (Å²) < 4.78 is 85.8. The number of hydrogen-bond acceptors (Lipinski definition) is 24. The highest BCUT2D eigenvalue weighted by atomic mass is 35.5. The minimum absolute atomic E-state index is 0.0103. The lowest BCUT2D eigenvalue weighted by molar-refractivity contribution is -0.179. The first-order chi connectivity index (χ1) is 54.6. The molecule has 2 aliphatic rings. The van der Waals surface area contributed by atoms with E-state index in [1.54, 1.807) is 76.2 Å². The van der Waals surface area contributed by atoms with Crippen LogP contribution in [0.2, 0.25) is 5.02 Å². The Bertz CT molecular complexity index is 3870. The van der Waals surface area contributed by atoms with Crippen LogP contribution in [0.15, 0.2) is 91.5 Å². The van der Waals surface area contributed by atoms with Gasteiger partial charge < -0.3 is 94.8 Å². The Kier molecular flexibility index (Phi) is 41.7. The number of carbonyl (C=O) groups excluding carboxylic acids is 12. The van der Waals surface area contributed by atoms with E-state index in [1.165, 1.54) is 31.1 Å². The van der Waals surface area contributed by atoms with Crippen molar-refractivity contribution in [2.45, 2.75) is 162 Å². The van der Waals surface area contributed by atoms with Gasteiger partial charge in [0, 0.05) is 89.4 Å². The predicted octanol–water partition coefficient (Wildman–Crippen LogP) is 4.83. The zero-order valence-corrected chi connectivity index (χ0v) is 68.3. The van der Waals surface area contributed by atoms with Crippen molar-refractivity contribution >= 4 is 98.7 Å². The summed E-state index contributed by atoms with van der Waals surface area (Å²) >= 11 is 6.40. The van der Waals surface area contributed by atoms with Gasteiger partial charge in [-0.25, -0.2) is 9.59 Å². The number of benzene rings is 3. The lowest BCUT2D eigenvalue weighted by Gasteiger charge is -2.29. The van der Waals surface area contributed by atoms with E-state index < -0.39 is 147 Å². The van der Waals surface area contributed by atoms with E-state index in [0.717, 1.165) is 11.1 Å². The Morgan fingerprint density at radius 1 is 0.722 bits per heavy atom. The summed E-state index contributed by atoms with van der Waals surface area (Å²) in [5.41, 5.74) is 1.86. The molecule has 9 amide bonds. The number of nitrogens with one attached hydrogen (secondary N) is 8. The fourth-order valence-corrected chi connectivity index (χ4v) is 11.9. The fourth-order valence-electron chi connectivity index (χ4n) is 11.2. The molecule has 3 aromatic carbocycles. The van der Waals surface area contributed by atoms with Crippen LogP contribution in [0.4, 0.5) is 10.5 Å². The van der Waals surface area contributed by atoms with Crippen LogP contribution in [0, 0.1) is 23.2 Å². The molecule has 0 unspecified atom stereocenters. The van der Waals surface area contributed by atoms with Crippen molar-refractivity contribution in [1.82, 2.24) is 42.1 Å². The van der Waals surface area contributed by atoms with Gasteiger partial charge in [0.05, 0.1) is 88.7 Å². The van der Waals surface area contributed by atoms with Crippen LogP contribution in [0.5, 0.6) is 5.75 Å². The van der Waals surface area contributed by atoms with E-state index in [1.807, 2.05) is 45.0 Å². The number of esters is 3. The molecular formula is C79H112ClN9O25S. The molecule has 636 valence electrons. The van der Waals surface area contributed by atoms with E-state index in [-0.39, 0.29) is 163 Å². The number of ether oxygens (including phenoxy) is 10. The van der Waals surface area contributed by atoms with Crippen LogP contribution in [0.1, 0.15) is 129 Å². The molecule has 0 bridgehead atoms. The number of amides is 9. The van der Waals surface area contributed by atoms with Crippen LogP contribution in [-0.4, -0.2) is 231 Å². The largest absolute Gasteiger partial charge is 0.495 e. The van der Waals surface area contributed by atoms with Crippen LogP contribution < -0.4 is 47.3 Å². The molecule has 34 nitrogen and oxygen atoms in total. The highest BCUT2D eigenvalue weighted by molar-refractivity contribution is 7.85. The second kappa shape index (κ2) is 50.0. The van der Waals surface area contributed by atoms with E-state index in [9.17, 15) is 66.0 Å². The third kappa shape index (κ3) is 37.3. The molecule has 0 aliphatic carbocycles. The number of nitrogens with zero attached hydrogens (tertiary/aromatic N) is 1. The van der Waals surface area contributed by atoms with Crippen molar-refractivity contribution in [1.29, 1.82) is 0 Å². The maximum atomic E-state index is 14.0. The first-order valence-electron chi connectivity index (χ1n) is 38.1. The minimum Gasteiger partial charge on any atom is -0.495 e. The quantitative estimate of drug-likeness (QED) is 0.00913. The first kappa shape index (κ1) is 96.0. The van der Waals surface area contributed by atoms with E-state index in [4.69, 9.17) is 63.5 Å². The SMILES string of the molecule is C=CCOC(=O)CCN(CCC(=O)N[C@H](C(=O)N[C@@H](C)C(=O)Nc1ccc(COC(=O)NCc2ccc([C@H]3O[C@@H]3[C@@H](C)[C@@H]3C/C=C/C(=O)N[C@@H](Cc4ccc(OC)c(Cl)c4)C(=O)NCC(C)(C)C(=O)O[C@@H](CC(C)C)C(=O)O3)cc2)cc1)C(C)C)C(=O)CCC(=O)NCCOCCOCCOCCOCCC(=O)NCCS(=O)(=O)O. The van der Waals surface area contributed by atoms with Gasteiger partial charge in [-0.1, -0.05) is 107 Å². The van der Waals surface area contributed by atoms with Crippen molar-refractivity contribution in [2.24, 2.45) is 23.2 Å². The third-order valence-corrected chi connectivity index (χ3v) is 19.0. The zero-order valence-electron chi connectivity index (χ0n) is 66.7. The van der Waals surface area contributed by atoms with Gasteiger partial charge in [-0.3, -0.25) is 52.5 Å². The Morgan fingerprint density at radius 2 is 1.35 bits per heavy atom. The Balaban J connectivity index is 1.02. The molecule has 115 heavy (non-hydrogen) atoms. The molecule has 2 heterocycles. The topological polar surface area (TPSA) is 454 Å². The highest BCUT2D eigenvalue weighted by Gasteiger charge is 2.48. The van der Waals surface area contributed by atoms with Gasteiger partial charge in [0.25, 0.3) is 10.1 Å². The molecule has 36 heteroatoms. The summed E-state index contributed by atoms with van der Waals surface area (Å²) in [5.74, 6) is -7.60. The van der Waals surface area contributed by atoms with Gasteiger partial charge in [-0.15, -0.1) is 0 Å². The Morgan fingerprint density at radius 3 is 1.98 bits per heavy atom. The fraction of sp³-hybridized carbons (Fsp3) is 0.570. The van der Waals surface area contributed by atoms with Crippen LogP contribution in [-0.2, 0) is 125 Å². The van der Waals surface area contributed by atoms with Gasteiger partial charge in [-0.05, 0) is 91.6 Å². The monoisotopic (exact) mass is 1650 g/mol. The molecule has 5 rings (SSSR count). The molecule has 9 N–H and O–H groups in total. The summed E-state index contributed by atoms with van der Waals surface area (Å²) in [4.78, 5) is 160. The van der Waals surface area contributed by atoms with Crippen molar-refractivity contribution in [2.75, 3.05) is 110 Å². The maximum absolute atomic E-state index is 14.0. The van der Waals surface area contributed by atoms with Crippen LogP contribution in [0.25, 0.3) is 0 Å². The summed E-state index contributed by atoms with van der Waals surface area (Å²) in [7, 11) is -2.68. The average molecular weight is 1660 g/mol. The summed E-state index contributed by atoms with van der Waals surface area (Å²) in [6.07, 6.45) is -0.111.